The second kappa shape index (κ2) is 6.67. The molecule has 2 rings (SSSR count). The lowest BCUT2D eigenvalue weighted by Gasteiger charge is -2.08. The van der Waals surface area contributed by atoms with Gasteiger partial charge in [-0.25, -0.2) is 18.0 Å². The van der Waals surface area contributed by atoms with Crippen LogP contribution in [0.1, 0.15) is 10.4 Å². The van der Waals surface area contributed by atoms with E-state index in [4.69, 9.17) is 15.8 Å². The van der Waals surface area contributed by atoms with Gasteiger partial charge in [-0.3, -0.25) is 0 Å². The highest BCUT2D eigenvalue weighted by molar-refractivity contribution is 8.13. The number of benzene rings is 2. The molecule has 0 aliphatic heterocycles. The van der Waals surface area contributed by atoms with Crippen molar-refractivity contribution in [1.29, 1.82) is 0 Å². The lowest BCUT2D eigenvalue weighted by Crippen LogP contribution is -2.19. The number of aromatic carboxylic acids is 1. The molecule has 3 N–H and O–H groups in total. The summed E-state index contributed by atoms with van der Waals surface area (Å²) in [4.78, 5) is 22.4. The first-order valence-electron chi connectivity index (χ1n) is 6.22. The molecule has 0 saturated heterocycles. The summed E-state index contributed by atoms with van der Waals surface area (Å²) < 4.78 is 22.2. The maximum atomic E-state index is 11.8. The molecule has 0 fully saturated rings. The number of carbonyl (C=O) groups excluding carboxylic acids is 1. The van der Waals surface area contributed by atoms with E-state index in [1.165, 1.54) is 48.5 Å². The first kappa shape index (κ1) is 16.8. The number of hydrogen-bond donors (Lipinski definition) is 3. The third-order valence-corrected chi connectivity index (χ3v) is 4.15. The lowest BCUT2D eigenvalue weighted by atomic mass is 10.2. The van der Waals surface area contributed by atoms with Crippen molar-refractivity contribution in [3.63, 3.8) is 0 Å². The first-order valence-corrected chi connectivity index (χ1v) is 8.53. The van der Waals surface area contributed by atoms with Gasteiger partial charge in [0.25, 0.3) is 9.05 Å². The zero-order chi connectivity index (χ0) is 17.0. The van der Waals surface area contributed by atoms with Crippen LogP contribution >= 0.6 is 10.7 Å². The molecular formula is C14H11ClN2O5S. The number of nitrogens with one attached hydrogen (secondary N) is 2. The van der Waals surface area contributed by atoms with E-state index in [1.54, 1.807) is 0 Å². The Balaban J connectivity index is 2.00. The topological polar surface area (TPSA) is 113 Å². The highest BCUT2D eigenvalue weighted by atomic mass is 35.7. The van der Waals surface area contributed by atoms with Crippen LogP contribution in [0.4, 0.5) is 16.2 Å². The summed E-state index contributed by atoms with van der Waals surface area (Å²) >= 11 is 0. The maximum absolute atomic E-state index is 11.8. The van der Waals surface area contributed by atoms with E-state index >= 15 is 0 Å². The molecule has 0 aromatic heterocycles. The van der Waals surface area contributed by atoms with Crippen molar-refractivity contribution in [2.75, 3.05) is 10.6 Å². The molecule has 7 nitrogen and oxygen atoms in total. The number of anilines is 2. The van der Waals surface area contributed by atoms with Crippen LogP contribution in [0.2, 0.25) is 0 Å². The molecule has 2 amide bonds. The van der Waals surface area contributed by atoms with E-state index in [-0.39, 0.29) is 10.5 Å². The largest absolute Gasteiger partial charge is 0.478 e. The fourth-order valence-corrected chi connectivity index (χ4v) is 2.46. The monoisotopic (exact) mass is 354 g/mol. The Hall–Kier alpha value is -2.58. The second-order valence-corrected chi connectivity index (χ2v) is 6.99. The average Bonchev–Trinajstić information content (AvgIpc) is 2.47. The van der Waals surface area contributed by atoms with Gasteiger partial charge >= 0.3 is 12.0 Å². The molecule has 9 heteroatoms. The molecular weight excluding hydrogens is 344 g/mol. The van der Waals surface area contributed by atoms with Crippen molar-refractivity contribution >= 4 is 43.1 Å². The highest BCUT2D eigenvalue weighted by Gasteiger charge is 2.10. The molecule has 2 aromatic rings. The van der Waals surface area contributed by atoms with Gasteiger partial charge < -0.3 is 15.7 Å². The van der Waals surface area contributed by atoms with Gasteiger partial charge in [0.1, 0.15) is 0 Å². The smallest absolute Gasteiger partial charge is 0.335 e. The van der Waals surface area contributed by atoms with Gasteiger partial charge in [0.15, 0.2) is 0 Å². The van der Waals surface area contributed by atoms with Crippen molar-refractivity contribution < 1.29 is 23.1 Å². The predicted octanol–water partition coefficient (Wildman–Crippen LogP) is 2.96. The van der Waals surface area contributed by atoms with Crippen molar-refractivity contribution in [3.8, 4) is 0 Å². The minimum absolute atomic E-state index is 0.0746. The fourth-order valence-electron chi connectivity index (χ4n) is 1.69. The first-order chi connectivity index (χ1) is 10.8. The van der Waals surface area contributed by atoms with Gasteiger partial charge in [0.05, 0.1) is 10.5 Å². The Morgan fingerprint density at radius 2 is 1.30 bits per heavy atom. The van der Waals surface area contributed by atoms with Crippen molar-refractivity contribution in [2.45, 2.75) is 4.90 Å². The Kier molecular flexibility index (Phi) is 4.87. The van der Waals surface area contributed by atoms with E-state index in [2.05, 4.69) is 10.6 Å². The molecule has 0 aliphatic rings. The van der Waals surface area contributed by atoms with Crippen LogP contribution in [0.25, 0.3) is 0 Å². The molecule has 120 valence electrons. The van der Waals surface area contributed by atoms with E-state index in [1.807, 2.05) is 0 Å². The van der Waals surface area contributed by atoms with Crippen LogP contribution in [-0.4, -0.2) is 25.5 Å². The molecule has 2 aromatic carbocycles. The zero-order valence-corrected chi connectivity index (χ0v) is 13.1. The Morgan fingerprint density at radius 3 is 1.70 bits per heavy atom. The van der Waals surface area contributed by atoms with Crippen LogP contribution < -0.4 is 10.6 Å². The minimum atomic E-state index is -3.81. The summed E-state index contributed by atoms with van der Waals surface area (Å²) in [6, 6.07) is 10.4. The van der Waals surface area contributed by atoms with Gasteiger partial charge in [-0.2, -0.15) is 0 Å². The number of carboxylic acid groups (broad SMARTS) is 1. The standard InChI is InChI=1S/C14H11ClN2O5S/c15-23(21,22)12-7-5-11(6-8-12)17-14(20)16-10-3-1-9(2-4-10)13(18)19/h1-8H,(H,18,19)(H2,16,17,20). The van der Waals surface area contributed by atoms with Gasteiger partial charge in [-0.05, 0) is 48.5 Å². The normalized spacial score (nSPS) is 10.8. The minimum Gasteiger partial charge on any atom is -0.478 e. The zero-order valence-electron chi connectivity index (χ0n) is 11.5. The molecule has 0 saturated carbocycles. The quantitative estimate of drug-likeness (QED) is 0.730. The summed E-state index contributed by atoms with van der Waals surface area (Å²) in [5, 5.41) is 13.8. The summed E-state index contributed by atoms with van der Waals surface area (Å²) in [6.07, 6.45) is 0. The second-order valence-electron chi connectivity index (χ2n) is 4.42. The SMILES string of the molecule is O=C(Nc1ccc(C(=O)O)cc1)Nc1ccc(S(=O)(=O)Cl)cc1. The van der Waals surface area contributed by atoms with Crippen LogP contribution in [-0.2, 0) is 9.05 Å². The van der Waals surface area contributed by atoms with Crippen molar-refractivity contribution in [2.24, 2.45) is 0 Å². The molecule has 0 aliphatic carbocycles. The number of carboxylic acids is 1. The van der Waals surface area contributed by atoms with Gasteiger partial charge in [-0.15, -0.1) is 0 Å². The summed E-state index contributed by atoms with van der Waals surface area (Å²) in [6.45, 7) is 0. The third-order valence-electron chi connectivity index (χ3n) is 2.78. The number of hydrogen-bond acceptors (Lipinski definition) is 4. The third kappa shape index (κ3) is 4.70. The summed E-state index contributed by atoms with van der Waals surface area (Å²) in [5.41, 5.74) is 0.884. The Labute approximate surface area is 136 Å². The maximum Gasteiger partial charge on any atom is 0.335 e. The fraction of sp³-hybridized carbons (Fsp3) is 0. The van der Waals surface area contributed by atoms with E-state index < -0.39 is 21.1 Å². The van der Waals surface area contributed by atoms with Crippen LogP contribution in [0, 0.1) is 0 Å². The molecule has 0 atom stereocenters. The average molecular weight is 355 g/mol. The molecule has 0 spiro atoms. The van der Waals surface area contributed by atoms with Gasteiger partial charge in [0, 0.05) is 22.1 Å². The Bertz CT molecular complexity index is 832. The van der Waals surface area contributed by atoms with Crippen LogP contribution in [0.3, 0.4) is 0 Å². The molecule has 0 bridgehead atoms. The predicted molar refractivity (Wildman–Crippen MR) is 85.5 cm³/mol. The summed E-state index contributed by atoms with van der Waals surface area (Å²) in [5.74, 6) is -1.06. The number of urea groups is 1. The van der Waals surface area contributed by atoms with Crippen molar-refractivity contribution in [1.82, 2.24) is 0 Å². The lowest BCUT2D eigenvalue weighted by molar-refractivity contribution is 0.0697. The van der Waals surface area contributed by atoms with Crippen molar-refractivity contribution in [3.05, 3.63) is 54.1 Å². The van der Waals surface area contributed by atoms with Crippen LogP contribution in [0.5, 0.6) is 0 Å². The number of carbonyl (C=O) groups is 2. The highest BCUT2D eigenvalue weighted by Crippen LogP contribution is 2.18. The van der Waals surface area contributed by atoms with E-state index in [9.17, 15) is 18.0 Å². The Morgan fingerprint density at radius 1 is 0.870 bits per heavy atom. The van der Waals surface area contributed by atoms with Gasteiger partial charge in [-0.1, -0.05) is 0 Å². The molecule has 0 radical (unpaired) electrons. The van der Waals surface area contributed by atoms with E-state index in [0.717, 1.165) is 0 Å². The summed E-state index contributed by atoms with van der Waals surface area (Å²) in [7, 11) is 1.38. The number of amides is 2. The number of rotatable bonds is 4. The molecule has 23 heavy (non-hydrogen) atoms. The van der Waals surface area contributed by atoms with Crippen LogP contribution in [0.15, 0.2) is 53.4 Å². The van der Waals surface area contributed by atoms with Gasteiger partial charge in [0.2, 0.25) is 0 Å². The van der Waals surface area contributed by atoms with E-state index in [0.29, 0.717) is 11.4 Å². The molecule has 0 heterocycles. The number of halogens is 1. The molecule has 0 unspecified atom stereocenters.